The molecule has 0 saturated heterocycles. The van der Waals surface area contributed by atoms with E-state index in [0.29, 0.717) is 19.3 Å². The normalized spacial score (nSPS) is 12.6. The van der Waals surface area contributed by atoms with Crippen molar-refractivity contribution in [3.05, 3.63) is 72.9 Å². The predicted octanol–water partition coefficient (Wildman–Crippen LogP) is 18.6. The summed E-state index contributed by atoms with van der Waals surface area (Å²) in [5.41, 5.74) is 0. The summed E-state index contributed by atoms with van der Waals surface area (Å²) in [5, 5.41) is 0. The van der Waals surface area contributed by atoms with Gasteiger partial charge >= 0.3 is 17.9 Å². The van der Waals surface area contributed by atoms with Crippen molar-refractivity contribution in [2.75, 3.05) is 13.2 Å². The highest BCUT2D eigenvalue weighted by atomic mass is 16.6. The lowest BCUT2D eigenvalue weighted by atomic mass is 10.0. The summed E-state index contributed by atoms with van der Waals surface area (Å²) in [4.78, 5) is 38.1. The quantitative estimate of drug-likeness (QED) is 0.0262. The molecule has 1 atom stereocenters. The van der Waals surface area contributed by atoms with Crippen molar-refractivity contribution in [2.45, 2.75) is 277 Å². The minimum absolute atomic E-state index is 0.0928. The molecule has 0 amide bonds. The van der Waals surface area contributed by atoms with E-state index < -0.39 is 6.10 Å². The molecule has 0 aliphatic rings. The summed E-state index contributed by atoms with van der Waals surface area (Å²) < 4.78 is 16.8. The maximum absolute atomic E-state index is 12.8. The molecule has 0 bridgehead atoms. The Morgan fingerprint density at radius 1 is 0.303 bits per heavy atom. The van der Waals surface area contributed by atoms with Crippen LogP contribution < -0.4 is 0 Å². The van der Waals surface area contributed by atoms with Crippen LogP contribution in [0.3, 0.4) is 0 Å². The van der Waals surface area contributed by atoms with E-state index in [1.807, 2.05) is 0 Å². The lowest BCUT2D eigenvalue weighted by Crippen LogP contribution is -2.30. The molecule has 0 aliphatic heterocycles. The standard InChI is InChI=1S/C60H104O6/c1-4-7-10-13-16-19-22-25-27-29-30-32-34-36-39-41-44-47-50-53-59(62)65-56-57(66-60(63)54-51-48-45-42-37-24-21-18-15-12-9-6-3)55-64-58(61)52-49-46-43-40-38-35-33-31-28-26-23-20-17-14-11-8-5-2/h16-17,19-20,25-28,33,35,40,43,57H,4-15,18,21-24,29-32,34,36-39,41-42,44-56H2,1-3H3/b19-16-,20-17-,27-25-,28-26-,35-33-,43-40-/t57-/m0/s1. The molecule has 0 fully saturated rings. The molecular formula is C60H104O6. The average Bonchev–Trinajstić information content (AvgIpc) is 3.31. The van der Waals surface area contributed by atoms with Crippen molar-refractivity contribution in [3.8, 4) is 0 Å². The topological polar surface area (TPSA) is 78.9 Å². The molecule has 0 radical (unpaired) electrons. The fraction of sp³-hybridized carbons (Fsp3) is 0.750. The second-order valence-corrected chi connectivity index (χ2v) is 18.5. The number of hydrogen-bond donors (Lipinski definition) is 0. The van der Waals surface area contributed by atoms with E-state index in [0.717, 1.165) is 70.6 Å². The first-order chi connectivity index (χ1) is 32.5. The number of esters is 3. The molecule has 0 N–H and O–H groups in total. The largest absolute Gasteiger partial charge is 0.462 e. The van der Waals surface area contributed by atoms with Gasteiger partial charge in [0.15, 0.2) is 6.10 Å². The molecule has 0 aliphatic carbocycles. The monoisotopic (exact) mass is 921 g/mol. The van der Waals surface area contributed by atoms with Crippen LogP contribution in [0.25, 0.3) is 0 Å². The Balaban J connectivity index is 4.41. The van der Waals surface area contributed by atoms with Gasteiger partial charge in [0.1, 0.15) is 13.2 Å². The van der Waals surface area contributed by atoms with E-state index in [1.54, 1.807) is 0 Å². The zero-order valence-electron chi connectivity index (χ0n) is 43.4. The first-order valence-corrected chi connectivity index (χ1v) is 27.9. The number of ether oxygens (including phenoxy) is 3. The van der Waals surface area contributed by atoms with E-state index in [4.69, 9.17) is 14.2 Å². The van der Waals surface area contributed by atoms with E-state index in [-0.39, 0.29) is 37.5 Å². The van der Waals surface area contributed by atoms with Crippen LogP contribution in [0.4, 0.5) is 0 Å². The van der Waals surface area contributed by atoms with Gasteiger partial charge in [0, 0.05) is 19.3 Å². The van der Waals surface area contributed by atoms with Crippen LogP contribution in [-0.2, 0) is 28.6 Å². The number of unbranched alkanes of at least 4 members (excludes halogenated alkanes) is 27. The fourth-order valence-corrected chi connectivity index (χ4v) is 7.70. The Hall–Kier alpha value is -3.15. The van der Waals surface area contributed by atoms with Crippen LogP contribution in [0.2, 0.25) is 0 Å². The van der Waals surface area contributed by atoms with Gasteiger partial charge in [-0.3, -0.25) is 14.4 Å². The van der Waals surface area contributed by atoms with Crippen molar-refractivity contribution >= 4 is 17.9 Å². The molecule has 0 aromatic heterocycles. The summed E-state index contributed by atoms with van der Waals surface area (Å²) >= 11 is 0. The Kier molecular flexibility index (Phi) is 51.9. The van der Waals surface area contributed by atoms with E-state index in [1.165, 1.54) is 154 Å². The van der Waals surface area contributed by atoms with Crippen LogP contribution >= 0.6 is 0 Å². The van der Waals surface area contributed by atoms with Crippen molar-refractivity contribution in [1.29, 1.82) is 0 Å². The van der Waals surface area contributed by atoms with Gasteiger partial charge in [-0.1, -0.05) is 235 Å². The molecule has 0 saturated carbocycles. The van der Waals surface area contributed by atoms with E-state index in [9.17, 15) is 14.4 Å². The second-order valence-electron chi connectivity index (χ2n) is 18.5. The maximum atomic E-state index is 12.8. The van der Waals surface area contributed by atoms with Crippen LogP contribution in [0.15, 0.2) is 72.9 Å². The molecule has 0 aromatic rings. The maximum Gasteiger partial charge on any atom is 0.306 e. The van der Waals surface area contributed by atoms with Crippen molar-refractivity contribution in [1.82, 2.24) is 0 Å². The molecular weight excluding hydrogens is 817 g/mol. The molecule has 380 valence electrons. The molecule has 0 unspecified atom stereocenters. The molecule has 0 rings (SSSR count). The first kappa shape index (κ1) is 62.8. The smallest absolute Gasteiger partial charge is 0.306 e. The van der Waals surface area contributed by atoms with Crippen LogP contribution in [0, 0.1) is 0 Å². The second kappa shape index (κ2) is 54.5. The van der Waals surface area contributed by atoms with E-state index >= 15 is 0 Å². The molecule has 66 heavy (non-hydrogen) atoms. The lowest BCUT2D eigenvalue weighted by molar-refractivity contribution is -0.167. The Labute approximate surface area is 408 Å². The van der Waals surface area contributed by atoms with Gasteiger partial charge in [0.2, 0.25) is 0 Å². The van der Waals surface area contributed by atoms with Gasteiger partial charge in [-0.25, -0.2) is 0 Å². The van der Waals surface area contributed by atoms with Crippen molar-refractivity contribution in [2.24, 2.45) is 0 Å². The summed E-state index contributed by atoms with van der Waals surface area (Å²) in [6, 6.07) is 0. The Bertz CT molecular complexity index is 1240. The van der Waals surface area contributed by atoms with Crippen LogP contribution in [0.1, 0.15) is 271 Å². The fourth-order valence-electron chi connectivity index (χ4n) is 7.70. The Morgan fingerprint density at radius 3 is 0.939 bits per heavy atom. The molecule has 0 spiro atoms. The Morgan fingerprint density at radius 2 is 0.561 bits per heavy atom. The average molecular weight is 921 g/mol. The molecule has 0 aromatic carbocycles. The van der Waals surface area contributed by atoms with Crippen LogP contribution in [-0.4, -0.2) is 37.2 Å². The minimum atomic E-state index is -0.797. The van der Waals surface area contributed by atoms with Gasteiger partial charge < -0.3 is 14.2 Å². The van der Waals surface area contributed by atoms with E-state index in [2.05, 4.69) is 93.7 Å². The number of hydrogen-bond acceptors (Lipinski definition) is 6. The molecule has 0 heterocycles. The van der Waals surface area contributed by atoms with Crippen molar-refractivity contribution < 1.29 is 28.6 Å². The summed E-state index contributed by atoms with van der Waals surface area (Å²) in [6.45, 7) is 6.55. The molecule has 6 heteroatoms. The third kappa shape index (κ3) is 51.8. The van der Waals surface area contributed by atoms with Gasteiger partial charge in [-0.2, -0.15) is 0 Å². The van der Waals surface area contributed by atoms with Gasteiger partial charge in [-0.15, -0.1) is 0 Å². The summed E-state index contributed by atoms with van der Waals surface area (Å²) in [5.74, 6) is -0.948. The SMILES string of the molecule is CCCCC/C=C\C/C=C\C/C=C\C/C=C\CCCC(=O)OC[C@@H](COC(=O)CCCCCCCCCCC/C=C\C/C=C\CCCCC)OC(=O)CCCCCCCCCCCCCC. The minimum Gasteiger partial charge on any atom is -0.462 e. The third-order valence-corrected chi connectivity index (χ3v) is 11.9. The predicted molar refractivity (Wildman–Crippen MR) is 284 cm³/mol. The lowest BCUT2D eigenvalue weighted by Gasteiger charge is -2.18. The van der Waals surface area contributed by atoms with Gasteiger partial charge in [0.25, 0.3) is 0 Å². The summed E-state index contributed by atoms with van der Waals surface area (Å²) in [6.07, 6.45) is 68.9. The van der Waals surface area contributed by atoms with Crippen LogP contribution in [0.5, 0.6) is 0 Å². The zero-order chi connectivity index (χ0) is 47.9. The number of carbonyl (C=O) groups excluding carboxylic acids is 3. The highest BCUT2D eigenvalue weighted by molar-refractivity contribution is 5.71. The van der Waals surface area contributed by atoms with Crippen molar-refractivity contribution in [3.63, 3.8) is 0 Å². The molecule has 6 nitrogen and oxygen atoms in total. The highest BCUT2D eigenvalue weighted by Crippen LogP contribution is 2.15. The summed E-state index contributed by atoms with van der Waals surface area (Å²) in [7, 11) is 0. The number of carbonyl (C=O) groups is 3. The number of allylic oxidation sites excluding steroid dienone is 12. The first-order valence-electron chi connectivity index (χ1n) is 27.9. The van der Waals surface area contributed by atoms with Gasteiger partial charge in [0.05, 0.1) is 0 Å². The highest BCUT2D eigenvalue weighted by Gasteiger charge is 2.19. The number of rotatable bonds is 50. The third-order valence-electron chi connectivity index (χ3n) is 11.9. The zero-order valence-corrected chi connectivity index (χ0v) is 43.4. The van der Waals surface area contributed by atoms with Gasteiger partial charge in [-0.05, 0) is 89.9 Å².